The maximum atomic E-state index is 13.0. The van der Waals surface area contributed by atoms with Crippen LogP contribution in [0.5, 0.6) is 0 Å². The van der Waals surface area contributed by atoms with Crippen LogP contribution in [0.2, 0.25) is 0 Å². The highest BCUT2D eigenvalue weighted by atomic mass is 31.2. The van der Waals surface area contributed by atoms with E-state index < -0.39 is 55.7 Å². The minimum atomic E-state index is -8.15. The van der Waals surface area contributed by atoms with Crippen LogP contribution >= 0.6 is 7.60 Å². The number of halogens is 14. The zero-order chi connectivity index (χ0) is 21.8. The number of hydrogen-bond donors (Lipinski definition) is 2. The van der Waals surface area contributed by atoms with E-state index in [-0.39, 0.29) is 0 Å². The second kappa shape index (κ2) is 6.36. The molecule has 0 aromatic carbocycles. The van der Waals surface area contributed by atoms with Crippen LogP contribution in [0.15, 0.2) is 0 Å². The Labute approximate surface area is 133 Å². The van der Waals surface area contributed by atoms with Crippen LogP contribution in [0.4, 0.5) is 61.5 Å². The molecule has 0 aromatic rings. The Hall–Kier alpha value is -0.830. The lowest BCUT2D eigenvalue weighted by Crippen LogP contribution is -2.70. The van der Waals surface area contributed by atoms with Gasteiger partial charge in [0.05, 0.1) is 6.42 Å². The Kier molecular flexibility index (Phi) is 6.16. The molecule has 18 heteroatoms. The third-order valence-corrected chi connectivity index (χ3v) is 3.70. The average molecular weight is 446 g/mol. The third-order valence-electron chi connectivity index (χ3n) is 2.79. The molecule has 1 unspecified atom stereocenters. The molecule has 0 saturated heterocycles. The normalized spacial score (nSPS) is 17.4. The highest BCUT2D eigenvalue weighted by Gasteiger charge is 2.90. The standard InChI is InChI=1S/C8H5F14O3P/c9-2(26(23,24)25)1-3(10,11)4(12,13)5(14,15)6(16,17)7(18,19)8(20,21)22/h2H,1H2,(H2,23,24,25). The highest BCUT2D eigenvalue weighted by Crippen LogP contribution is 2.61. The molecule has 0 rings (SSSR count). The minimum Gasteiger partial charge on any atom is -0.322 e. The van der Waals surface area contributed by atoms with Crippen molar-refractivity contribution in [2.75, 3.05) is 0 Å². The molecule has 0 aromatic heterocycles. The molecule has 0 radical (unpaired) electrons. The van der Waals surface area contributed by atoms with E-state index in [0.29, 0.717) is 0 Å². The first-order valence-electron chi connectivity index (χ1n) is 5.53. The molecular weight excluding hydrogens is 441 g/mol. The molecule has 2 N–H and O–H groups in total. The van der Waals surface area contributed by atoms with Gasteiger partial charge in [0.25, 0.3) is 0 Å². The molecule has 0 heterocycles. The van der Waals surface area contributed by atoms with Gasteiger partial charge in [0, 0.05) is 0 Å². The summed E-state index contributed by atoms with van der Waals surface area (Å²) in [5.41, 5.74) is 0. The van der Waals surface area contributed by atoms with E-state index in [1.807, 2.05) is 0 Å². The molecule has 158 valence electrons. The van der Waals surface area contributed by atoms with Crippen molar-refractivity contribution in [1.82, 2.24) is 0 Å². The van der Waals surface area contributed by atoms with Crippen molar-refractivity contribution in [3.8, 4) is 0 Å². The van der Waals surface area contributed by atoms with Crippen LogP contribution in [0.1, 0.15) is 6.42 Å². The molecule has 0 bridgehead atoms. The summed E-state index contributed by atoms with van der Waals surface area (Å²) in [6.07, 6.45) is -11.2. The van der Waals surface area contributed by atoms with Crippen molar-refractivity contribution in [1.29, 1.82) is 0 Å². The predicted octanol–water partition coefficient (Wildman–Crippen LogP) is 4.59. The molecule has 26 heavy (non-hydrogen) atoms. The van der Waals surface area contributed by atoms with Gasteiger partial charge < -0.3 is 9.79 Å². The largest absolute Gasteiger partial charge is 0.460 e. The Morgan fingerprint density at radius 1 is 0.654 bits per heavy atom. The van der Waals surface area contributed by atoms with Crippen LogP contribution in [-0.4, -0.2) is 51.5 Å². The topological polar surface area (TPSA) is 57.5 Å². The summed E-state index contributed by atoms with van der Waals surface area (Å²) in [5.74, 6) is -43.2. The molecule has 0 fully saturated rings. The summed E-state index contributed by atoms with van der Waals surface area (Å²) in [6.45, 7) is 0. The molecular formula is C8H5F14O3P. The fourth-order valence-corrected chi connectivity index (χ4v) is 1.73. The van der Waals surface area contributed by atoms with Gasteiger partial charge in [0.15, 0.2) is 0 Å². The predicted molar refractivity (Wildman–Crippen MR) is 52.3 cm³/mol. The van der Waals surface area contributed by atoms with Crippen molar-refractivity contribution in [3.05, 3.63) is 0 Å². The van der Waals surface area contributed by atoms with Crippen LogP contribution in [0, 0.1) is 0 Å². The lowest BCUT2D eigenvalue weighted by molar-refractivity contribution is -0.440. The smallest absolute Gasteiger partial charge is 0.322 e. The van der Waals surface area contributed by atoms with Crippen molar-refractivity contribution < 1.29 is 75.8 Å². The van der Waals surface area contributed by atoms with E-state index in [0.717, 1.165) is 0 Å². The molecule has 0 aliphatic carbocycles. The third kappa shape index (κ3) is 3.74. The molecule has 3 nitrogen and oxygen atoms in total. The van der Waals surface area contributed by atoms with E-state index in [2.05, 4.69) is 0 Å². The Balaban J connectivity index is 6.21. The maximum absolute atomic E-state index is 13.0. The molecule has 0 saturated carbocycles. The van der Waals surface area contributed by atoms with Crippen molar-refractivity contribution >= 4 is 7.60 Å². The lowest BCUT2D eigenvalue weighted by Gasteiger charge is -2.39. The molecule has 0 amide bonds. The number of rotatable bonds is 7. The average Bonchev–Trinajstić information content (AvgIpc) is 2.34. The summed E-state index contributed by atoms with van der Waals surface area (Å²) < 4.78 is 187. The van der Waals surface area contributed by atoms with Crippen LogP contribution in [0.25, 0.3) is 0 Å². The summed E-state index contributed by atoms with van der Waals surface area (Å²) in [6, 6.07) is 0. The number of alkyl halides is 14. The van der Waals surface area contributed by atoms with Gasteiger partial charge in [-0.15, -0.1) is 0 Å². The summed E-state index contributed by atoms with van der Waals surface area (Å²) in [4.78, 5) is 16.1. The van der Waals surface area contributed by atoms with Gasteiger partial charge in [-0.2, -0.15) is 57.1 Å². The van der Waals surface area contributed by atoms with Crippen LogP contribution in [0.3, 0.4) is 0 Å². The Bertz CT molecular complexity index is 563. The summed E-state index contributed by atoms with van der Waals surface area (Å²) in [5, 5.41) is 0. The van der Waals surface area contributed by atoms with E-state index in [1.54, 1.807) is 0 Å². The number of hydrogen-bond acceptors (Lipinski definition) is 1. The monoisotopic (exact) mass is 446 g/mol. The first kappa shape index (κ1) is 25.2. The first-order valence-corrected chi connectivity index (χ1v) is 7.21. The minimum absolute atomic E-state index is 3.59. The van der Waals surface area contributed by atoms with Crippen molar-refractivity contribution in [2.45, 2.75) is 48.1 Å². The Morgan fingerprint density at radius 2 is 0.962 bits per heavy atom. The van der Waals surface area contributed by atoms with Gasteiger partial charge in [0.1, 0.15) is 0 Å². The van der Waals surface area contributed by atoms with E-state index in [1.165, 1.54) is 0 Å². The summed E-state index contributed by atoms with van der Waals surface area (Å²) in [7, 11) is -6.32. The van der Waals surface area contributed by atoms with Crippen LogP contribution in [-0.2, 0) is 4.57 Å². The molecule has 0 spiro atoms. The molecule has 0 aliphatic heterocycles. The van der Waals surface area contributed by atoms with Gasteiger partial charge in [-0.25, -0.2) is 4.39 Å². The van der Waals surface area contributed by atoms with E-state index in [4.69, 9.17) is 9.79 Å². The SMILES string of the molecule is O=P(O)(O)C(F)CC(F)(F)C(F)(F)C(F)(F)C(F)(F)C(F)(F)C(F)(F)F. The Morgan fingerprint density at radius 3 is 1.23 bits per heavy atom. The maximum Gasteiger partial charge on any atom is 0.460 e. The first-order chi connectivity index (χ1) is 10.9. The van der Waals surface area contributed by atoms with E-state index in [9.17, 15) is 66.0 Å². The van der Waals surface area contributed by atoms with Gasteiger partial charge in [-0.05, 0) is 0 Å². The molecule has 0 aliphatic rings. The van der Waals surface area contributed by atoms with Gasteiger partial charge >= 0.3 is 43.4 Å². The van der Waals surface area contributed by atoms with Crippen LogP contribution < -0.4 is 0 Å². The summed E-state index contributed by atoms with van der Waals surface area (Å²) >= 11 is 0. The van der Waals surface area contributed by atoms with Gasteiger partial charge in [-0.3, -0.25) is 4.57 Å². The molecule has 1 atom stereocenters. The zero-order valence-corrected chi connectivity index (χ0v) is 12.2. The highest BCUT2D eigenvalue weighted by molar-refractivity contribution is 7.52. The lowest BCUT2D eigenvalue weighted by atomic mass is 9.93. The second-order valence-corrected chi connectivity index (χ2v) is 6.47. The fraction of sp³-hybridized carbons (Fsp3) is 1.00. The van der Waals surface area contributed by atoms with E-state index >= 15 is 0 Å². The van der Waals surface area contributed by atoms with Crippen molar-refractivity contribution in [2.24, 2.45) is 0 Å². The van der Waals surface area contributed by atoms with Crippen molar-refractivity contribution in [3.63, 3.8) is 0 Å². The van der Waals surface area contributed by atoms with Gasteiger partial charge in [-0.1, -0.05) is 0 Å². The quantitative estimate of drug-likeness (QED) is 0.445. The second-order valence-electron chi connectivity index (χ2n) is 4.73. The zero-order valence-electron chi connectivity index (χ0n) is 11.3. The van der Waals surface area contributed by atoms with Gasteiger partial charge in [0.2, 0.25) is 5.91 Å². The fourth-order valence-electron chi connectivity index (χ4n) is 1.26.